The van der Waals surface area contributed by atoms with Crippen molar-refractivity contribution in [3.05, 3.63) is 99.5 Å². The quantitative estimate of drug-likeness (QED) is 0.281. The molecule has 0 radical (unpaired) electrons. The van der Waals surface area contributed by atoms with Gasteiger partial charge in [0.15, 0.2) is 11.5 Å². The zero-order chi connectivity index (χ0) is 30.0. The molecule has 0 saturated carbocycles. The summed E-state index contributed by atoms with van der Waals surface area (Å²) in [5.74, 6) is 2.59. The third-order valence-electron chi connectivity index (χ3n) is 9.29. The van der Waals surface area contributed by atoms with E-state index in [1.807, 2.05) is 0 Å². The summed E-state index contributed by atoms with van der Waals surface area (Å²) in [6.07, 6.45) is 15.9. The molecule has 0 amide bonds. The number of quaternary nitrogens is 1. The summed E-state index contributed by atoms with van der Waals surface area (Å²) in [5, 5.41) is 0. The molecule has 2 unspecified atom stereocenters. The molecule has 0 spiro atoms. The average Bonchev–Trinajstić information content (AvgIpc) is 3.46. The zero-order valence-electron chi connectivity index (χ0n) is 27.1. The Morgan fingerprint density at radius 3 is 2.39 bits per heavy atom. The van der Waals surface area contributed by atoms with Gasteiger partial charge in [-0.15, -0.1) is 0 Å². The minimum absolute atomic E-state index is 0. The lowest BCUT2D eigenvalue weighted by Crippen LogP contribution is -3.06. The Balaban J connectivity index is 0.00000384. The van der Waals surface area contributed by atoms with E-state index >= 15 is 0 Å². The van der Waals surface area contributed by atoms with E-state index in [-0.39, 0.29) is 42.3 Å². The third kappa shape index (κ3) is 6.82. The molecule has 2 aromatic carbocycles. The largest absolute Gasteiger partial charge is 1.00 e. The van der Waals surface area contributed by atoms with Crippen molar-refractivity contribution in [1.82, 2.24) is 0 Å². The van der Waals surface area contributed by atoms with Crippen molar-refractivity contribution < 1.29 is 47.8 Å². The van der Waals surface area contributed by atoms with Gasteiger partial charge in [0.05, 0.1) is 13.7 Å². The van der Waals surface area contributed by atoms with Gasteiger partial charge in [-0.25, -0.2) is 0 Å². The number of unbranched alkanes of at least 4 members (excludes halogenated alkanes) is 5. The number of methoxy groups -OCH3 is 1. The summed E-state index contributed by atoms with van der Waals surface area (Å²) in [5.41, 5.74) is 10.6. The average molecular weight is 710 g/mol. The number of benzene rings is 2. The molecule has 0 bridgehead atoms. The molecule has 6 rings (SSSR count). The summed E-state index contributed by atoms with van der Waals surface area (Å²) in [6, 6.07) is 13.6. The van der Waals surface area contributed by atoms with Crippen molar-refractivity contribution >= 4 is 5.70 Å². The lowest BCUT2D eigenvalue weighted by atomic mass is 9.79. The first-order valence-corrected chi connectivity index (χ1v) is 16.3. The van der Waals surface area contributed by atoms with Gasteiger partial charge in [0, 0.05) is 36.2 Å². The predicted octanol–water partition coefficient (Wildman–Crippen LogP) is 4.23. The van der Waals surface area contributed by atoms with Crippen molar-refractivity contribution in [2.75, 3.05) is 27.1 Å². The Labute approximate surface area is 281 Å². The van der Waals surface area contributed by atoms with Crippen molar-refractivity contribution in [1.29, 1.82) is 0 Å². The van der Waals surface area contributed by atoms with Crippen LogP contribution in [-0.2, 0) is 27.7 Å². The summed E-state index contributed by atoms with van der Waals surface area (Å²) < 4.78 is 24.2. The van der Waals surface area contributed by atoms with Crippen LogP contribution in [0.1, 0.15) is 88.5 Å². The van der Waals surface area contributed by atoms with Gasteiger partial charge in [-0.1, -0.05) is 90.1 Å². The van der Waals surface area contributed by atoms with Crippen LogP contribution in [0.25, 0.3) is 5.70 Å². The number of ether oxygens (including phenoxy) is 4. The molecular formula is C38H48INO4. The summed E-state index contributed by atoms with van der Waals surface area (Å²) in [4.78, 5) is 1.38. The van der Waals surface area contributed by atoms with Crippen LogP contribution < -0.4 is 38.4 Å². The van der Waals surface area contributed by atoms with E-state index in [1.165, 1.54) is 81.7 Å². The van der Waals surface area contributed by atoms with Crippen LogP contribution in [0.5, 0.6) is 11.5 Å². The highest BCUT2D eigenvalue weighted by atomic mass is 127. The Morgan fingerprint density at radius 2 is 1.66 bits per heavy atom. The maximum atomic E-state index is 6.65. The Hall–Kier alpha value is -2.55. The number of hydrogen-bond acceptors (Lipinski definition) is 4. The van der Waals surface area contributed by atoms with Gasteiger partial charge in [0.25, 0.3) is 0 Å². The molecule has 1 N–H and O–H groups in total. The smallest absolute Gasteiger partial charge is 0.231 e. The highest BCUT2D eigenvalue weighted by molar-refractivity contribution is 5.77. The number of rotatable bonds is 11. The molecule has 44 heavy (non-hydrogen) atoms. The zero-order valence-corrected chi connectivity index (χ0v) is 29.2. The SMILES string of the molecule is CCCCCCCCOC1C(OC)=CC=C2C1=C[NH+]1CCc3cc4c(cc3C1=C2Cc1ccc(C(C)(C)C)cc1)OCO4.[I-]. The number of halogens is 1. The van der Waals surface area contributed by atoms with Gasteiger partial charge in [-0.3, -0.25) is 4.90 Å². The highest BCUT2D eigenvalue weighted by Crippen LogP contribution is 2.43. The van der Waals surface area contributed by atoms with Crippen LogP contribution >= 0.6 is 0 Å². The molecule has 3 aliphatic heterocycles. The maximum Gasteiger partial charge on any atom is 0.231 e. The number of nitrogens with one attached hydrogen (secondary N) is 1. The second-order valence-corrected chi connectivity index (χ2v) is 13.3. The van der Waals surface area contributed by atoms with Crippen LogP contribution in [-0.4, -0.2) is 33.2 Å². The van der Waals surface area contributed by atoms with Crippen LogP contribution in [0.4, 0.5) is 0 Å². The van der Waals surface area contributed by atoms with Crippen molar-refractivity contribution in [2.24, 2.45) is 0 Å². The second-order valence-electron chi connectivity index (χ2n) is 13.3. The molecule has 3 heterocycles. The number of allylic oxidation sites excluding steroid dienone is 3. The first kappa shape index (κ1) is 32.8. The van der Waals surface area contributed by atoms with Gasteiger partial charge in [-0.05, 0) is 52.3 Å². The van der Waals surface area contributed by atoms with Gasteiger partial charge >= 0.3 is 0 Å². The minimum Gasteiger partial charge on any atom is -1.00 e. The predicted molar refractivity (Wildman–Crippen MR) is 172 cm³/mol. The third-order valence-corrected chi connectivity index (χ3v) is 9.29. The second kappa shape index (κ2) is 14.3. The molecule has 236 valence electrons. The molecule has 0 fully saturated rings. The molecule has 1 aliphatic carbocycles. The first-order valence-electron chi connectivity index (χ1n) is 16.3. The first-order chi connectivity index (χ1) is 20.9. The van der Waals surface area contributed by atoms with E-state index < -0.39 is 0 Å². The van der Waals surface area contributed by atoms with E-state index in [0.29, 0.717) is 0 Å². The monoisotopic (exact) mass is 709 g/mol. The summed E-state index contributed by atoms with van der Waals surface area (Å²) in [6.45, 7) is 11.1. The summed E-state index contributed by atoms with van der Waals surface area (Å²) >= 11 is 0. The van der Waals surface area contributed by atoms with E-state index in [0.717, 1.165) is 49.7 Å². The standard InChI is InChI=1S/C38H47NO4.HI/c1-6-7-8-9-10-11-20-41-37-32-24-39-19-18-27-22-34-35(43-25-42-34)23-30(27)36(39)31(29(32)16-17-33(37)40-5)21-26-12-14-28(15-13-26)38(2,3)4;/h12-17,22-24,37H,6-11,18-21,25H2,1-5H3;1H. The van der Waals surface area contributed by atoms with Crippen LogP contribution in [0.2, 0.25) is 0 Å². The highest BCUT2D eigenvalue weighted by Gasteiger charge is 2.40. The maximum absolute atomic E-state index is 6.65. The van der Waals surface area contributed by atoms with Crippen molar-refractivity contribution in [3.63, 3.8) is 0 Å². The molecule has 6 heteroatoms. The van der Waals surface area contributed by atoms with E-state index in [9.17, 15) is 0 Å². The number of fused-ring (bicyclic) bond motifs is 5. The topological polar surface area (TPSA) is 41.4 Å². The molecule has 5 nitrogen and oxygen atoms in total. The Morgan fingerprint density at radius 1 is 0.932 bits per heavy atom. The molecule has 0 aromatic heterocycles. The van der Waals surface area contributed by atoms with Gasteiger partial charge in [0.1, 0.15) is 23.8 Å². The molecule has 4 aliphatic rings. The Bertz CT molecular complexity index is 1460. The molecule has 2 atom stereocenters. The van der Waals surface area contributed by atoms with Gasteiger partial charge in [0.2, 0.25) is 6.79 Å². The van der Waals surface area contributed by atoms with Crippen LogP contribution in [0.15, 0.2) is 77.2 Å². The fraction of sp³-hybridized carbons (Fsp3) is 0.474. The summed E-state index contributed by atoms with van der Waals surface area (Å²) in [7, 11) is 1.76. The van der Waals surface area contributed by atoms with Crippen LogP contribution in [0.3, 0.4) is 0 Å². The lowest BCUT2D eigenvalue weighted by molar-refractivity contribution is -0.771. The fourth-order valence-corrected chi connectivity index (χ4v) is 6.83. The van der Waals surface area contributed by atoms with Gasteiger partial charge in [-0.2, -0.15) is 0 Å². The molecular weight excluding hydrogens is 661 g/mol. The normalized spacial score (nSPS) is 20.1. The van der Waals surface area contributed by atoms with E-state index in [4.69, 9.17) is 18.9 Å². The minimum atomic E-state index is -0.189. The van der Waals surface area contributed by atoms with Gasteiger partial charge < -0.3 is 42.9 Å². The van der Waals surface area contributed by atoms with E-state index in [1.54, 1.807) is 7.11 Å². The van der Waals surface area contributed by atoms with Crippen LogP contribution in [0, 0.1) is 0 Å². The fourth-order valence-electron chi connectivity index (χ4n) is 6.83. The molecule has 0 saturated heterocycles. The van der Waals surface area contributed by atoms with E-state index in [2.05, 4.69) is 82.4 Å². The number of hydrogen-bond donors (Lipinski definition) is 1. The van der Waals surface area contributed by atoms with Crippen molar-refractivity contribution in [2.45, 2.75) is 90.6 Å². The lowest BCUT2D eigenvalue weighted by Gasteiger charge is -2.36. The van der Waals surface area contributed by atoms with Crippen molar-refractivity contribution in [3.8, 4) is 11.5 Å². The Kier molecular flexibility index (Phi) is 10.6. The molecule has 2 aromatic rings.